The van der Waals surface area contributed by atoms with Gasteiger partial charge in [0.15, 0.2) is 0 Å². The fourth-order valence-electron chi connectivity index (χ4n) is 6.42. The van der Waals surface area contributed by atoms with Crippen molar-refractivity contribution in [1.29, 1.82) is 0 Å². The molecule has 1 aromatic heterocycles. The van der Waals surface area contributed by atoms with Crippen molar-refractivity contribution in [3.63, 3.8) is 0 Å². The summed E-state index contributed by atoms with van der Waals surface area (Å²) in [5.74, 6) is 0.401. The molecule has 1 heterocycles. The first-order valence-corrected chi connectivity index (χ1v) is 17.0. The molecule has 5 rings (SSSR count). The van der Waals surface area contributed by atoms with Gasteiger partial charge in [-0.3, -0.25) is 4.79 Å². The Morgan fingerprint density at radius 1 is 0.911 bits per heavy atom. The third kappa shape index (κ3) is 8.96. The van der Waals surface area contributed by atoms with Crippen molar-refractivity contribution in [1.82, 2.24) is 14.9 Å². The molecule has 1 amide bonds. The lowest BCUT2D eigenvalue weighted by Gasteiger charge is -2.22. The Morgan fingerprint density at radius 2 is 1.69 bits per heavy atom. The van der Waals surface area contributed by atoms with E-state index in [9.17, 15) is 14.7 Å². The molecule has 238 valence electrons. The number of nitrogens with one attached hydrogen (secondary N) is 2. The number of hydrogen-bond acceptors (Lipinski definition) is 4. The normalized spacial score (nSPS) is 13.6. The van der Waals surface area contributed by atoms with Gasteiger partial charge in [0, 0.05) is 37.7 Å². The van der Waals surface area contributed by atoms with Gasteiger partial charge in [-0.1, -0.05) is 87.9 Å². The summed E-state index contributed by atoms with van der Waals surface area (Å²) in [5, 5.41) is 16.4. The molecule has 1 fully saturated rings. The van der Waals surface area contributed by atoms with E-state index in [1.807, 2.05) is 24.3 Å². The van der Waals surface area contributed by atoms with Gasteiger partial charge in [-0.05, 0) is 73.1 Å². The zero-order chi connectivity index (χ0) is 31.4. The molecule has 0 unspecified atom stereocenters. The largest absolute Gasteiger partial charge is 0.478 e. The molecule has 45 heavy (non-hydrogen) atoms. The molecular formula is C38H48N4O3. The van der Waals surface area contributed by atoms with E-state index in [1.54, 1.807) is 12.1 Å². The molecule has 0 saturated heterocycles. The van der Waals surface area contributed by atoms with Gasteiger partial charge in [0.2, 0.25) is 5.91 Å². The van der Waals surface area contributed by atoms with E-state index in [1.165, 1.54) is 19.3 Å². The predicted octanol–water partition coefficient (Wildman–Crippen LogP) is 8.60. The van der Waals surface area contributed by atoms with Gasteiger partial charge in [-0.25, -0.2) is 9.78 Å². The second kappa shape index (κ2) is 16.3. The molecule has 0 atom stereocenters. The van der Waals surface area contributed by atoms with E-state index in [2.05, 4.69) is 52.5 Å². The van der Waals surface area contributed by atoms with Crippen LogP contribution in [0.15, 0.2) is 66.7 Å². The molecule has 0 aliphatic heterocycles. The lowest BCUT2D eigenvalue weighted by atomic mass is 9.95. The van der Waals surface area contributed by atoms with E-state index in [4.69, 9.17) is 4.98 Å². The van der Waals surface area contributed by atoms with Crippen molar-refractivity contribution in [3.8, 4) is 11.1 Å². The smallest absolute Gasteiger partial charge is 0.336 e. The molecule has 0 radical (unpaired) electrons. The number of benzene rings is 3. The third-order valence-corrected chi connectivity index (χ3v) is 8.97. The van der Waals surface area contributed by atoms with Crippen LogP contribution in [0.5, 0.6) is 0 Å². The standard InChI is InChI=1S/C38H48N4O3/c1-2-3-17-36-41-34-24-23-31(39-25-12-5-4-9-18-37(43)40-30-13-7-6-8-14-30)26-35(34)42(36)27-28-19-21-29(22-20-28)32-15-10-11-16-33(32)38(44)45/h10-11,15-16,19-24,26,30,39H,2-9,12-14,17-18,25,27H2,1H3,(H,40,43)(H,44,45). The van der Waals surface area contributed by atoms with E-state index in [0.29, 0.717) is 24.6 Å². The van der Waals surface area contributed by atoms with Crippen molar-refractivity contribution in [3.05, 3.63) is 83.7 Å². The fourth-order valence-corrected chi connectivity index (χ4v) is 6.42. The Hall–Kier alpha value is -4.13. The van der Waals surface area contributed by atoms with E-state index in [0.717, 1.165) is 104 Å². The molecular weight excluding hydrogens is 560 g/mol. The van der Waals surface area contributed by atoms with Crippen LogP contribution in [-0.4, -0.2) is 39.1 Å². The summed E-state index contributed by atoms with van der Waals surface area (Å²) in [5.41, 5.74) is 6.30. The average molecular weight is 609 g/mol. The minimum Gasteiger partial charge on any atom is -0.478 e. The maximum atomic E-state index is 12.3. The number of carboxylic acid groups (broad SMARTS) is 1. The summed E-state index contributed by atoms with van der Waals surface area (Å²) < 4.78 is 2.33. The highest BCUT2D eigenvalue weighted by atomic mass is 16.4. The summed E-state index contributed by atoms with van der Waals surface area (Å²) >= 11 is 0. The number of nitrogens with zero attached hydrogens (tertiary/aromatic N) is 2. The summed E-state index contributed by atoms with van der Waals surface area (Å²) in [6.07, 6.45) is 14.1. The second-order valence-corrected chi connectivity index (χ2v) is 12.5. The van der Waals surface area contributed by atoms with Crippen LogP contribution in [0.2, 0.25) is 0 Å². The van der Waals surface area contributed by atoms with E-state index < -0.39 is 5.97 Å². The first-order valence-electron chi connectivity index (χ1n) is 17.0. The van der Waals surface area contributed by atoms with Crippen LogP contribution in [0.3, 0.4) is 0 Å². The van der Waals surface area contributed by atoms with Gasteiger partial charge >= 0.3 is 5.97 Å². The summed E-state index contributed by atoms with van der Waals surface area (Å²) in [4.78, 5) is 29.0. The number of aromatic carboxylic acids is 1. The number of amides is 1. The molecule has 1 aliphatic carbocycles. The summed E-state index contributed by atoms with van der Waals surface area (Å²) in [6, 6.07) is 22.2. The Morgan fingerprint density at radius 3 is 2.47 bits per heavy atom. The number of aromatic nitrogens is 2. The molecule has 4 aromatic rings. The highest BCUT2D eigenvalue weighted by Crippen LogP contribution is 2.27. The van der Waals surface area contributed by atoms with Crippen LogP contribution in [-0.2, 0) is 17.8 Å². The number of imidazole rings is 1. The average Bonchev–Trinajstić information content (AvgIpc) is 3.40. The Balaban J connectivity index is 1.17. The predicted molar refractivity (Wildman–Crippen MR) is 183 cm³/mol. The van der Waals surface area contributed by atoms with Crippen molar-refractivity contribution >= 4 is 28.6 Å². The minimum atomic E-state index is -0.918. The number of unbranched alkanes of at least 4 members (excludes halogenated alkanes) is 4. The van der Waals surface area contributed by atoms with Crippen molar-refractivity contribution in [2.75, 3.05) is 11.9 Å². The number of aryl methyl sites for hydroxylation is 1. The van der Waals surface area contributed by atoms with E-state index >= 15 is 0 Å². The maximum absolute atomic E-state index is 12.3. The number of carbonyl (C=O) groups excluding carboxylic acids is 1. The molecule has 0 bridgehead atoms. The van der Waals surface area contributed by atoms with Crippen LogP contribution < -0.4 is 10.6 Å². The monoisotopic (exact) mass is 608 g/mol. The third-order valence-electron chi connectivity index (χ3n) is 8.97. The number of fused-ring (bicyclic) bond motifs is 1. The van der Waals surface area contributed by atoms with Crippen LogP contribution in [0.4, 0.5) is 5.69 Å². The molecule has 1 aliphatic rings. The molecule has 1 saturated carbocycles. The van der Waals surface area contributed by atoms with Crippen LogP contribution in [0.1, 0.15) is 106 Å². The zero-order valence-corrected chi connectivity index (χ0v) is 26.7. The number of carbonyl (C=O) groups is 2. The lowest BCUT2D eigenvalue weighted by molar-refractivity contribution is -0.122. The molecule has 7 nitrogen and oxygen atoms in total. The number of rotatable bonds is 16. The van der Waals surface area contributed by atoms with Crippen molar-refractivity contribution in [2.24, 2.45) is 0 Å². The Labute approximate surface area is 267 Å². The highest BCUT2D eigenvalue weighted by Gasteiger charge is 2.16. The van der Waals surface area contributed by atoms with Crippen LogP contribution in [0, 0.1) is 0 Å². The van der Waals surface area contributed by atoms with Crippen molar-refractivity contribution in [2.45, 2.75) is 103 Å². The second-order valence-electron chi connectivity index (χ2n) is 12.5. The summed E-state index contributed by atoms with van der Waals surface area (Å²) in [6.45, 7) is 3.80. The highest BCUT2D eigenvalue weighted by molar-refractivity contribution is 5.96. The van der Waals surface area contributed by atoms with Gasteiger partial charge in [0.1, 0.15) is 5.82 Å². The van der Waals surface area contributed by atoms with Gasteiger partial charge in [0.25, 0.3) is 0 Å². The quantitative estimate of drug-likeness (QED) is 0.111. The minimum absolute atomic E-state index is 0.225. The Kier molecular flexibility index (Phi) is 11.7. The first kappa shape index (κ1) is 32.3. The van der Waals surface area contributed by atoms with Crippen LogP contribution >= 0.6 is 0 Å². The number of carboxylic acids is 1. The van der Waals surface area contributed by atoms with Crippen LogP contribution in [0.25, 0.3) is 22.2 Å². The fraction of sp³-hybridized carbons (Fsp3) is 0.447. The first-order chi connectivity index (χ1) is 22.0. The molecule has 3 N–H and O–H groups in total. The van der Waals surface area contributed by atoms with Crippen molar-refractivity contribution < 1.29 is 14.7 Å². The molecule has 0 spiro atoms. The lowest BCUT2D eigenvalue weighted by Crippen LogP contribution is -2.35. The maximum Gasteiger partial charge on any atom is 0.336 e. The molecule has 3 aromatic carbocycles. The SMILES string of the molecule is CCCCc1nc2ccc(NCCCCCCC(=O)NC3CCCCC3)cc2n1Cc1ccc(-c2ccccc2C(=O)O)cc1. The molecule has 7 heteroatoms. The topological polar surface area (TPSA) is 96.3 Å². The summed E-state index contributed by atoms with van der Waals surface area (Å²) in [7, 11) is 0. The van der Waals surface area contributed by atoms with Gasteiger partial charge in [-0.2, -0.15) is 0 Å². The van der Waals surface area contributed by atoms with Gasteiger partial charge < -0.3 is 20.3 Å². The Bertz CT molecular complexity index is 1550. The van der Waals surface area contributed by atoms with Gasteiger partial charge in [-0.15, -0.1) is 0 Å². The number of hydrogen-bond donors (Lipinski definition) is 3. The van der Waals surface area contributed by atoms with E-state index in [-0.39, 0.29) is 5.91 Å². The van der Waals surface area contributed by atoms with Gasteiger partial charge in [0.05, 0.1) is 16.6 Å². The number of anilines is 1. The zero-order valence-electron chi connectivity index (χ0n) is 26.7.